The second-order valence-corrected chi connectivity index (χ2v) is 8.95. The van der Waals surface area contributed by atoms with Crippen molar-refractivity contribution in [2.45, 2.75) is 44.1 Å². The van der Waals surface area contributed by atoms with E-state index < -0.39 is 27.8 Å². The van der Waals surface area contributed by atoms with Crippen LogP contribution in [0.2, 0.25) is 0 Å². The number of carbonyl (C=O) groups is 2. The van der Waals surface area contributed by atoms with E-state index in [2.05, 4.69) is 5.32 Å². The Hall–Kier alpha value is -2.67. The minimum absolute atomic E-state index is 0.0651. The predicted octanol–water partition coefficient (Wildman–Crippen LogP) is 3.34. The van der Waals surface area contributed by atoms with E-state index in [1.54, 1.807) is 12.1 Å². The van der Waals surface area contributed by atoms with Gasteiger partial charge in [0.1, 0.15) is 0 Å². The minimum atomic E-state index is -3.59. The van der Waals surface area contributed by atoms with E-state index in [1.165, 1.54) is 26.0 Å². The number of benzene rings is 2. The fourth-order valence-corrected chi connectivity index (χ4v) is 4.01. The van der Waals surface area contributed by atoms with Gasteiger partial charge in [-0.3, -0.25) is 4.79 Å². The number of hydrogen-bond donors (Lipinski definition) is 1. The molecule has 0 saturated heterocycles. The van der Waals surface area contributed by atoms with Gasteiger partial charge in [0.05, 0.1) is 16.2 Å². The molecule has 1 N–H and O–H groups in total. The Morgan fingerprint density at radius 2 is 1.62 bits per heavy atom. The number of sulfone groups is 1. The highest BCUT2D eigenvalue weighted by atomic mass is 32.2. The molecular formula is C22H27NO5S. The number of ether oxygens (including phenoxy) is 1. The van der Waals surface area contributed by atoms with Crippen molar-refractivity contribution in [1.82, 2.24) is 5.32 Å². The van der Waals surface area contributed by atoms with Crippen molar-refractivity contribution in [2.75, 3.05) is 12.3 Å². The first-order chi connectivity index (χ1) is 13.8. The molecule has 0 aliphatic carbocycles. The largest absolute Gasteiger partial charge is 0.449 e. The smallest absolute Gasteiger partial charge is 0.340 e. The Labute approximate surface area is 172 Å². The zero-order chi connectivity index (χ0) is 21.4. The maximum Gasteiger partial charge on any atom is 0.340 e. The summed E-state index contributed by atoms with van der Waals surface area (Å²) in [5.41, 5.74) is 1.06. The van der Waals surface area contributed by atoms with Gasteiger partial charge in [-0.15, -0.1) is 0 Å². The molecule has 156 valence electrons. The molecular weight excluding hydrogens is 390 g/mol. The SMILES string of the molecule is CC[C@@H](CNC(=O)[C@@H](C)OC(=O)c1ccccc1S(=O)(=O)CC)c1ccccc1. The van der Waals surface area contributed by atoms with Crippen LogP contribution in [0, 0.1) is 0 Å². The van der Waals surface area contributed by atoms with Crippen LogP contribution in [-0.2, 0) is 19.4 Å². The summed E-state index contributed by atoms with van der Waals surface area (Å²) in [5.74, 6) is -1.25. The van der Waals surface area contributed by atoms with E-state index in [1.807, 2.05) is 37.3 Å². The van der Waals surface area contributed by atoms with E-state index in [-0.39, 0.29) is 22.1 Å². The van der Waals surface area contributed by atoms with Crippen molar-refractivity contribution in [3.05, 3.63) is 65.7 Å². The second-order valence-electron chi connectivity index (χ2n) is 6.71. The molecule has 0 aliphatic rings. The molecule has 1 amide bonds. The number of hydrogen-bond acceptors (Lipinski definition) is 5. The minimum Gasteiger partial charge on any atom is -0.449 e. The van der Waals surface area contributed by atoms with Crippen LogP contribution < -0.4 is 5.32 Å². The quantitative estimate of drug-likeness (QED) is 0.632. The summed E-state index contributed by atoms with van der Waals surface area (Å²) in [6.45, 7) is 5.43. The molecule has 7 heteroatoms. The monoisotopic (exact) mass is 417 g/mol. The topological polar surface area (TPSA) is 89.5 Å². The Bertz CT molecular complexity index is 941. The van der Waals surface area contributed by atoms with Crippen LogP contribution in [0.5, 0.6) is 0 Å². The van der Waals surface area contributed by atoms with Crippen LogP contribution in [0.3, 0.4) is 0 Å². The van der Waals surface area contributed by atoms with Gasteiger partial charge in [-0.05, 0) is 31.0 Å². The first-order valence-electron chi connectivity index (χ1n) is 9.65. The lowest BCUT2D eigenvalue weighted by atomic mass is 9.96. The van der Waals surface area contributed by atoms with Crippen molar-refractivity contribution < 1.29 is 22.7 Å². The van der Waals surface area contributed by atoms with Gasteiger partial charge in [-0.1, -0.05) is 56.3 Å². The number of esters is 1. The first kappa shape index (κ1) is 22.6. The summed E-state index contributed by atoms with van der Waals surface area (Å²) in [5, 5.41) is 2.81. The van der Waals surface area contributed by atoms with E-state index in [9.17, 15) is 18.0 Å². The lowest BCUT2D eigenvalue weighted by Gasteiger charge is -2.19. The van der Waals surface area contributed by atoms with Gasteiger partial charge in [0, 0.05) is 12.5 Å². The molecule has 0 unspecified atom stereocenters. The molecule has 0 bridgehead atoms. The Morgan fingerprint density at radius 3 is 2.24 bits per heavy atom. The van der Waals surface area contributed by atoms with Gasteiger partial charge in [-0.25, -0.2) is 13.2 Å². The maximum absolute atomic E-state index is 12.5. The Kier molecular flexibility index (Phi) is 7.96. The van der Waals surface area contributed by atoms with E-state index in [4.69, 9.17) is 4.74 Å². The third-order valence-electron chi connectivity index (χ3n) is 4.76. The summed E-state index contributed by atoms with van der Waals surface area (Å²) in [6, 6.07) is 15.7. The van der Waals surface area contributed by atoms with Crippen molar-refractivity contribution in [2.24, 2.45) is 0 Å². The first-order valence-corrected chi connectivity index (χ1v) is 11.3. The molecule has 2 rings (SSSR count). The van der Waals surface area contributed by atoms with Crippen molar-refractivity contribution in [1.29, 1.82) is 0 Å². The van der Waals surface area contributed by atoms with Crippen LogP contribution in [0.1, 0.15) is 49.0 Å². The maximum atomic E-state index is 12.5. The van der Waals surface area contributed by atoms with Crippen LogP contribution in [-0.4, -0.2) is 38.7 Å². The number of carbonyl (C=O) groups excluding carboxylic acids is 2. The Balaban J connectivity index is 2.02. The highest BCUT2D eigenvalue weighted by molar-refractivity contribution is 7.91. The van der Waals surface area contributed by atoms with Crippen molar-refractivity contribution in [3.8, 4) is 0 Å². The molecule has 0 aromatic heterocycles. The number of amides is 1. The molecule has 0 radical (unpaired) electrons. The summed E-state index contributed by atoms with van der Waals surface area (Å²) in [6.07, 6.45) is -0.200. The van der Waals surface area contributed by atoms with Crippen LogP contribution in [0.25, 0.3) is 0 Å². The average molecular weight is 418 g/mol. The van der Waals surface area contributed by atoms with Crippen LogP contribution in [0.4, 0.5) is 0 Å². The van der Waals surface area contributed by atoms with Gasteiger partial charge >= 0.3 is 5.97 Å². The predicted molar refractivity (Wildman–Crippen MR) is 112 cm³/mol. The van der Waals surface area contributed by atoms with Crippen LogP contribution in [0.15, 0.2) is 59.5 Å². The molecule has 2 aromatic carbocycles. The summed E-state index contributed by atoms with van der Waals surface area (Å²) in [4.78, 5) is 24.8. The normalized spacial score (nSPS) is 13.3. The molecule has 0 heterocycles. The van der Waals surface area contributed by atoms with E-state index in [0.717, 1.165) is 12.0 Å². The van der Waals surface area contributed by atoms with Gasteiger partial charge in [-0.2, -0.15) is 0 Å². The zero-order valence-corrected chi connectivity index (χ0v) is 17.7. The van der Waals surface area contributed by atoms with E-state index in [0.29, 0.717) is 6.54 Å². The molecule has 0 saturated carbocycles. The van der Waals surface area contributed by atoms with Gasteiger partial charge in [0.15, 0.2) is 15.9 Å². The number of nitrogens with one attached hydrogen (secondary N) is 1. The number of rotatable bonds is 9. The molecule has 0 spiro atoms. The van der Waals surface area contributed by atoms with E-state index >= 15 is 0 Å². The third kappa shape index (κ3) is 5.90. The van der Waals surface area contributed by atoms with Gasteiger partial charge in [0.2, 0.25) is 0 Å². The summed E-state index contributed by atoms with van der Waals surface area (Å²) < 4.78 is 29.6. The molecule has 2 atom stereocenters. The molecule has 29 heavy (non-hydrogen) atoms. The second kappa shape index (κ2) is 10.2. The molecule has 6 nitrogen and oxygen atoms in total. The van der Waals surface area contributed by atoms with Crippen molar-refractivity contribution >= 4 is 21.7 Å². The average Bonchev–Trinajstić information content (AvgIpc) is 2.74. The van der Waals surface area contributed by atoms with Crippen molar-refractivity contribution in [3.63, 3.8) is 0 Å². The zero-order valence-electron chi connectivity index (χ0n) is 16.9. The molecule has 0 aliphatic heterocycles. The lowest BCUT2D eigenvalue weighted by molar-refractivity contribution is -0.129. The third-order valence-corrected chi connectivity index (χ3v) is 6.55. The fraction of sp³-hybridized carbons (Fsp3) is 0.364. The van der Waals surface area contributed by atoms with Gasteiger partial charge in [0.25, 0.3) is 5.91 Å². The van der Waals surface area contributed by atoms with Crippen LogP contribution >= 0.6 is 0 Å². The Morgan fingerprint density at radius 1 is 1.00 bits per heavy atom. The highest BCUT2D eigenvalue weighted by Crippen LogP contribution is 2.20. The molecule has 0 fully saturated rings. The summed E-state index contributed by atoms with van der Waals surface area (Å²) >= 11 is 0. The fourth-order valence-electron chi connectivity index (χ4n) is 2.93. The lowest BCUT2D eigenvalue weighted by Crippen LogP contribution is -2.38. The highest BCUT2D eigenvalue weighted by Gasteiger charge is 2.25. The van der Waals surface area contributed by atoms with Gasteiger partial charge < -0.3 is 10.1 Å². The standard InChI is InChI=1S/C22H27NO5S/c1-4-17(18-11-7-6-8-12-18)15-23-21(24)16(3)28-22(25)19-13-9-10-14-20(19)29(26,27)5-2/h6-14,16-17H,4-5,15H2,1-3H3,(H,23,24)/t16-,17+/m1/s1. The molecule has 2 aromatic rings. The summed E-state index contributed by atoms with van der Waals surface area (Å²) in [7, 11) is -3.59.